The van der Waals surface area contributed by atoms with Crippen molar-refractivity contribution in [1.29, 1.82) is 5.26 Å². The summed E-state index contributed by atoms with van der Waals surface area (Å²) in [7, 11) is 0. The van der Waals surface area contributed by atoms with Gasteiger partial charge in [0.05, 0.1) is 35.3 Å². The number of halogens is 3. The van der Waals surface area contributed by atoms with E-state index in [-0.39, 0.29) is 11.6 Å². The van der Waals surface area contributed by atoms with Gasteiger partial charge in [-0.2, -0.15) is 18.4 Å². The number of nitriles is 1. The Morgan fingerprint density at radius 1 is 1.06 bits per heavy atom. The molecule has 2 heterocycles. The molecule has 0 aliphatic heterocycles. The summed E-state index contributed by atoms with van der Waals surface area (Å²) in [5.41, 5.74) is 2.02. The molecule has 0 atom stereocenters. The largest absolute Gasteiger partial charge is 0.416 e. The van der Waals surface area contributed by atoms with Gasteiger partial charge in [0, 0.05) is 24.0 Å². The first-order valence-corrected chi connectivity index (χ1v) is 9.64. The molecule has 0 radical (unpaired) electrons. The molecule has 0 bridgehead atoms. The highest BCUT2D eigenvalue weighted by molar-refractivity contribution is 6.04. The minimum Gasteiger partial charge on any atom is -0.307 e. The maximum atomic E-state index is 13.1. The zero-order valence-electron chi connectivity index (χ0n) is 16.8. The molecular formula is C23H16F3N5O. The van der Waals surface area contributed by atoms with Crippen LogP contribution in [0.3, 0.4) is 0 Å². The summed E-state index contributed by atoms with van der Waals surface area (Å²) in [5, 5.41) is 8.96. The van der Waals surface area contributed by atoms with E-state index in [1.54, 1.807) is 28.7 Å². The summed E-state index contributed by atoms with van der Waals surface area (Å²) in [4.78, 5) is 23.1. The predicted octanol–water partition coefficient (Wildman–Crippen LogP) is 4.95. The van der Waals surface area contributed by atoms with Crippen LogP contribution in [-0.2, 0) is 6.18 Å². The first-order chi connectivity index (χ1) is 15.3. The number of aromatic nitrogens is 3. The lowest BCUT2D eigenvalue weighted by atomic mass is 10.1. The van der Waals surface area contributed by atoms with Crippen LogP contribution in [-0.4, -0.2) is 26.8 Å². The summed E-state index contributed by atoms with van der Waals surface area (Å²) in [6.45, 7) is 2.19. The minimum absolute atomic E-state index is 0.148. The van der Waals surface area contributed by atoms with Gasteiger partial charge in [-0.15, -0.1) is 0 Å². The molecule has 32 heavy (non-hydrogen) atoms. The van der Waals surface area contributed by atoms with E-state index in [1.807, 2.05) is 13.0 Å². The summed E-state index contributed by atoms with van der Waals surface area (Å²) in [6, 6.07) is 13.4. The van der Waals surface area contributed by atoms with Crippen molar-refractivity contribution in [3.8, 4) is 17.3 Å². The molecule has 4 aromatic rings. The number of carbonyl (C=O) groups excluding carboxylic acids is 1. The predicted molar refractivity (Wildman–Crippen MR) is 112 cm³/mol. The number of hydrogen-bond acceptors (Lipinski definition) is 4. The monoisotopic (exact) mass is 435 g/mol. The van der Waals surface area contributed by atoms with Gasteiger partial charge in [-0.05, 0) is 43.3 Å². The van der Waals surface area contributed by atoms with E-state index >= 15 is 0 Å². The highest BCUT2D eigenvalue weighted by Crippen LogP contribution is 2.31. The highest BCUT2D eigenvalue weighted by atomic mass is 19.4. The average molecular weight is 435 g/mol. The molecule has 0 aliphatic rings. The van der Waals surface area contributed by atoms with E-state index in [4.69, 9.17) is 5.26 Å². The maximum Gasteiger partial charge on any atom is 0.416 e. The lowest BCUT2D eigenvalue weighted by Crippen LogP contribution is -2.31. The molecule has 2 aromatic carbocycles. The van der Waals surface area contributed by atoms with Gasteiger partial charge in [0.15, 0.2) is 5.65 Å². The number of rotatable bonds is 4. The van der Waals surface area contributed by atoms with Gasteiger partial charge >= 0.3 is 6.18 Å². The molecule has 0 unspecified atom stereocenters. The first kappa shape index (κ1) is 21.1. The van der Waals surface area contributed by atoms with Gasteiger partial charge < -0.3 is 4.90 Å². The molecule has 0 N–H and O–H groups in total. The van der Waals surface area contributed by atoms with E-state index < -0.39 is 11.7 Å². The third-order valence-electron chi connectivity index (χ3n) is 4.99. The second-order valence-corrected chi connectivity index (χ2v) is 6.93. The molecule has 0 fully saturated rings. The quantitative estimate of drug-likeness (QED) is 0.454. The number of nitrogens with zero attached hydrogens (tertiary/aromatic N) is 5. The molecule has 160 valence electrons. The van der Waals surface area contributed by atoms with Crippen molar-refractivity contribution in [2.75, 3.05) is 11.4 Å². The van der Waals surface area contributed by atoms with E-state index in [0.29, 0.717) is 34.7 Å². The van der Waals surface area contributed by atoms with Crippen molar-refractivity contribution in [3.63, 3.8) is 0 Å². The van der Waals surface area contributed by atoms with Crippen molar-refractivity contribution in [3.05, 3.63) is 83.9 Å². The van der Waals surface area contributed by atoms with Crippen LogP contribution in [0.4, 0.5) is 18.9 Å². The smallest absolute Gasteiger partial charge is 0.307 e. The van der Waals surface area contributed by atoms with Gasteiger partial charge in [-0.1, -0.05) is 12.1 Å². The second-order valence-electron chi connectivity index (χ2n) is 6.93. The number of anilines is 1. The molecular weight excluding hydrogens is 419 g/mol. The van der Waals surface area contributed by atoms with Crippen molar-refractivity contribution in [2.24, 2.45) is 0 Å². The van der Waals surface area contributed by atoms with Crippen molar-refractivity contribution >= 4 is 17.2 Å². The third kappa shape index (κ3) is 3.90. The number of hydrogen-bond donors (Lipinski definition) is 0. The molecule has 0 saturated carbocycles. The van der Waals surface area contributed by atoms with E-state index in [2.05, 4.69) is 9.97 Å². The maximum absolute atomic E-state index is 13.1. The van der Waals surface area contributed by atoms with Crippen LogP contribution >= 0.6 is 0 Å². The van der Waals surface area contributed by atoms with Crippen LogP contribution in [0.25, 0.3) is 16.9 Å². The van der Waals surface area contributed by atoms with Crippen molar-refractivity contribution in [2.45, 2.75) is 13.1 Å². The minimum atomic E-state index is -4.42. The summed E-state index contributed by atoms with van der Waals surface area (Å²) >= 11 is 0. The van der Waals surface area contributed by atoms with Crippen molar-refractivity contribution < 1.29 is 18.0 Å². The summed E-state index contributed by atoms with van der Waals surface area (Å²) < 4.78 is 40.2. The van der Waals surface area contributed by atoms with E-state index in [9.17, 15) is 18.0 Å². The van der Waals surface area contributed by atoms with Crippen LogP contribution in [0.2, 0.25) is 0 Å². The fourth-order valence-corrected chi connectivity index (χ4v) is 3.34. The topological polar surface area (TPSA) is 74.3 Å². The molecule has 1 amide bonds. The van der Waals surface area contributed by atoms with Crippen molar-refractivity contribution in [1.82, 2.24) is 14.4 Å². The number of amides is 1. The fraction of sp³-hybridized carbons (Fsp3) is 0.130. The fourth-order valence-electron chi connectivity index (χ4n) is 3.34. The molecule has 0 spiro atoms. The Labute approximate surface area is 181 Å². The lowest BCUT2D eigenvalue weighted by Gasteiger charge is -2.20. The standard InChI is InChI=1S/C23H16F3N5O/c1-2-30(18-9-3-15(11-27)4-10-18)22(32)19-14-31-20(12-29-21(31)13-28-19)16-5-7-17(8-6-16)23(24,25)26/h3-10,12-14H,2H2,1H3. The van der Waals surface area contributed by atoms with E-state index in [1.165, 1.54) is 35.6 Å². The Hall–Kier alpha value is -4.19. The van der Waals surface area contributed by atoms with Gasteiger partial charge in [0.2, 0.25) is 0 Å². The highest BCUT2D eigenvalue weighted by Gasteiger charge is 2.30. The Morgan fingerprint density at radius 2 is 1.75 bits per heavy atom. The zero-order valence-corrected chi connectivity index (χ0v) is 16.8. The number of alkyl halides is 3. The van der Waals surface area contributed by atoms with E-state index in [0.717, 1.165) is 12.1 Å². The third-order valence-corrected chi connectivity index (χ3v) is 4.99. The Balaban J connectivity index is 1.70. The Kier molecular flexibility index (Phi) is 5.36. The van der Waals surface area contributed by atoms with Crippen LogP contribution in [0.5, 0.6) is 0 Å². The molecule has 4 rings (SSSR count). The number of imidazole rings is 1. The van der Waals surface area contributed by atoms with Gasteiger partial charge in [-0.25, -0.2) is 9.97 Å². The summed E-state index contributed by atoms with van der Waals surface area (Å²) in [5.74, 6) is -0.355. The summed E-state index contributed by atoms with van der Waals surface area (Å²) in [6.07, 6.45) is 0.0556. The number of benzene rings is 2. The molecule has 0 saturated heterocycles. The lowest BCUT2D eigenvalue weighted by molar-refractivity contribution is -0.137. The average Bonchev–Trinajstić information content (AvgIpc) is 3.22. The number of fused-ring (bicyclic) bond motifs is 1. The Bertz CT molecular complexity index is 1320. The zero-order chi connectivity index (χ0) is 22.9. The molecule has 2 aromatic heterocycles. The van der Waals surface area contributed by atoms with Gasteiger partial charge in [0.25, 0.3) is 5.91 Å². The van der Waals surface area contributed by atoms with Crippen LogP contribution in [0.15, 0.2) is 67.1 Å². The normalized spacial score (nSPS) is 11.3. The molecule has 6 nitrogen and oxygen atoms in total. The van der Waals surface area contributed by atoms with Gasteiger partial charge in [0.1, 0.15) is 5.69 Å². The van der Waals surface area contributed by atoms with Crippen LogP contribution in [0, 0.1) is 11.3 Å². The first-order valence-electron chi connectivity index (χ1n) is 9.64. The molecule has 0 aliphatic carbocycles. The van der Waals surface area contributed by atoms with Crippen LogP contribution < -0.4 is 4.90 Å². The molecule has 9 heteroatoms. The number of carbonyl (C=O) groups is 1. The Morgan fingerprint density at radius 3 is 2.34 bits per heavy atom. The second kappa shape index (κ2) is 8.15. The van der Waals surface area contributed by atoms with Gasteiger partial charge in [-0.3, -0.25) is 9.20 Å². The van der Waals surface area contributed by atoms with Crippen LogP contribution in [0.1, 0.15) is 28.5 Å². The SMILES string of the molecule is CCN(C(=O)c1cn2c(-c3ccc(C(F)(F)F)cc3)cnc2cn1)c1ccc(C#N)cc1.